The zero-order chi connectivity index (χ0) is 13.8. The van der Waals surface area contributed by atoms with Crippen molar-refractivity contribution >= 4 is 11.6 Å². The Hall–Kier alpha value is -1.39. The Morgan fingerprint density at radius 3 is 2.89 bits per heavy atom. The van der Waals surface area contributed by atoms with Crippen LogP contribution in [0.15, 0.2) is 24.4 Å². The molecular formula is C14H19ClN4. The fourth-order valence-corrected chi connectivity index (χ4v) is 2.46. The van der Waals surface area contributed by atoms with Gasteiger partial charge in [0.15, 0.2) is 0 Å². The minimum absolute atomic E-state index is 0.0558. The molecule has 1 aromatic heterocycles. The van der Waals surface area contributed by atoms with Gasteiger partial charge in [0.05, 0.1) is 17.9 Å². The van der Waals surface area contributed by atoms with Crippen LogP contribution < -0.4 is 5.32 Å². The van der Waals surface area contributed by atoms with Gasteiger partial charge in [0, 0.05) is 11.6 Å². The first-order valence-corrected chi connectivity index (χ1v) is 6.87. The van der Waals surface area contributed by atoms with E-state index in [1.807, 2.05) is 37.0 Å². The van der Waals surface area contributed by atoms with Crippen LogP contribution in [0.4, 0.5) is 0 Å². The lowest BCUT2D eigenvalue weighted by Crippen LogP contribution is -2.22. The SMILES string of the molecule is CCCn1nncc1C(NC)c1cccc(Cl)c1C. The predicted molar refractivity (Wildman–Crippen MR) is 77.4 cm³/mol. The van der Waals surface area contributed by atoms with E-state index in [9.17, 15) is 0 Å². The molecule has 0 spiro atoms. The molecule has 19 heavy (non-hydrogen) atoms. The molecule has 1 aromatic carbocycles. The van der Waals surface area contributed by atoms with Gasteiger partial charge in [0.2, 0.25) is 0 Å². The first-order chi connectivity index (χ1) is 9.19. The van der Waals surface area contributed by atoms with E-state index in [1.54, 1.807) is 0 Å². The van der Waals surface area contributed by atoms with Gasteiger partial charge in [-0.05, 0) is 37.6 Å². The van der Waals surface area contributed by atoms with Crippen LogP contribution in [-0.4, -0.2) is 22.0 Å². The smallest absolute Gasteiger partial charge is 0.0802 e. The van der Waals surface area contributed by atoms with E-state index in [4.69, 9.17) is 11.6 Å². The van der Waals surface area contributed by atoms with Crippen molar-refractivity contribution in [3.8, 4) is 0 Å². The molecule has 1 unspecified atom stereocenters. The van der Waals surface area contributed by atoms with E-state index in [0.29, 0.717) is 0 Å². The first kappa shape index (κ1) is 14.0. The van der Waals surface area contributed by atoms with Crippen LogP contribution in [0.5, 0.6) is 0 Å². The van der Waals surface area contributed by atoms with Gasteiger partial charge in [-0.15, -0.1) is 5.10 Å². The van der Waals surface area contributed by atoms with Crippen molar-refractivity contribution in [3.05, 3.63) is 46.2 Å². The second-order valence-electron chi connectivity index (χ2n) is 4.56. The van der Waals surface area contributed by atoms with Gasteiger partial charge in [0.25, 0.3) is 0 Å². The molecule has 1 heterocycles. The highest BCUT2D eigenvalue weighted by molar-refractivity contribution is 6.31. The summed E-state index contributed by atoms with van der Waals surface area (Å²) in [6.45, 7) is 5.04. The molecule has 0 saturated heterocycles. The highest BCUT2D eigenvalue weighted by Crippen LogP contribution is 2.28. The molecule has 0 aliphatic heterocycles. The predicted octanol–water partition coefficient (Wildman–Crippen LogP) is 2.96. The van der Waals surface area contributed by atoms with Gasteiger partial charge >= 0.3 is 0 Å². The Morgan fingerprint density at radius 2 is 2.21 bits per heavy atom. The Bertz CT molecular complexity index is 550. The molecule has 5 heteroatoms. The summed E-state index contributed by atoms with van der Waals surface area (Å²) in [5, 5.41) is 12.3. The number of hydrogen-bond donors (Lipinski definition) is 1. The highest BCUT2D eigenvalue weighted by atomic mass is 35.5. The van der Waals surface area contributed by atoms with Crippen molar-refractivity contribution in [2.24, 2.45) is 0 Å². The zero-order valence-corrected chi connectivity index (χ0v) is 12.3. The third kappa shape index (κ3) is 2.80. The molecule has 0 amide bonds. The summed E-state index contributed by atoms with van der Waals surface area (Å²) in [5.74, 6) is 0. The summed E-state index contributed by atoms with van der Waals surface area (Å²) in [7, 11) is 1.94. The Kier molecular flexibility index (Phi) is 4.56. The third-order valence-corrected chi connectivity index (χ3v) is 3.70. The van der Waals surface area contributed by atoms with Crippen molar-refractivity contribution in [2.75, 3.05) is 7.05 Å². The van der Waals surface area contributed by atoms with Gasteiger partial charge < -0.3 is 5.32 Å². The largest absolute Gasteiger partial charge is 0.308 e. The average Bonchev–Trinajstić information content (AvgIpc) is 2.84. The van der Waals surface area contributed by atoms with E-state index in [2.05, 4.69) is 28.6 Å². The monoisotopic (exact) mass is 278 g/mol. The van der Waals surface area contributed by atoms with Gasteiger partial charge in [-0.3, -0.25) is 0 Å². The van der Waals surface area contributed by atoms with Crippen LogP contribution in [0.3, 0.4) is 0 Å². The molecule has 0 fully saturated rings. The maximum Gasteiger partial charge on any atom is 0.0802 e. The fraction of sp³-hybridized carbons (Fsp3) is 0.429. The van der Waals surface area contributed by atoms with Crippen LogP contribution in [-0.2, 0) is 6.54 Å². The summed E-state index contributed by atoms with van der Waals surface area (Å²) in [5.41, 5.74) is 3.32. The normalized spacial score (nSPS) is 12.6. The molecule has 0 saturated carbocycles. The summed E-state index contributed by atoms with van der Waals surface area (Å²) in [6, 6.07) is 6.03. The summed E-state index contributed by atoms with van der Waals surface area (Å²) < 4.78 is 1.95. The van der Waals surface area contributed by atoms with Gasteiger partial charge in [0.1, 0.15) is 0 Å². The standard InChI is InChI=1S/C14H19ClN4/c1-4-8-19-13(9-17-18-19)14(16-3)11-6-5-7-12(15)10(11)2/h5-7,9,14,16H,4,8H2,1-3H3. The second-order valence-corrected chi connectivity index (χ2v) is 4.96. The minimum atomic E-state index is 0.0558. The van der Waals surface area contributed by atoms with Gasteiger partial charge in [-0.25, -0.2) is 4.68 Å². The molecule has 1 N–H and O–H groups in total. The number of hydrogen-bond acceptors (Lipinski definition) is 3. The quantitative estimate of drug-likeness (QED) is 0.914. The maximum atomic E-state index is 6.21. The van der Waals surface area contributed by atoms with Gasteiger partial charge in [-0.2, -0.15) is 0 Å². The van der Waals surface area contributed by atoms with Crippen molar-refractivity contribution in [1.82, 2.24) is 20.3 Å². The molecule has 0 aliphatic carbocycles. The van der Waals surface area contributed by atoms with E-state index in [0.717, 1.165) is 34.8 Å². The molecule has 102 valence electrons. The zero-order valence-electron chi connectivity index (χ0n) is 11.5. The highest BCUT2D eigenvalue weighted by Gasteiger charge is 2.19. The number of aromatic nitrogens is 3. The van der Waals surface area contributed by atoms with Crippen molar-refractivity contribution in [3.63, 3.8) is 0 Å². The first-order valence-electron chi connectivity index (χ1n) is 6.49. The molecular weight excluding hydrogens is 260 g/mol. The van der Waals surface area contributed by atoms with Crippen LogP contribution in [0.2, 0.25) is 5.02 Å². The lowest BCUT2D eigenvalue weighted by molar-refractivity contribution is 0.522. The lowest BCUT2D eigenvalue weighted by Gasteiger charge is -2.20. The van der Waals surface area contributed by atoms with Crippen LogP contribution in [0.1, 0.15) is 36.2 Å². The summed E-state index contributed by atoms with van der Waals surface area (Å²) in [4.78, 5) is 0. The summed E-state index contributed by atoms with van der Waals surface area (Å²) in [6.07, 6.45) is 2.85. The van der Waals surface area contributed by atoms with Crippen LogP contribution in [0.25, 0.3) is 0 Å². The van der Waals surface area contributed by atoms with Crippen LogP contribution in [0, 0.1) is 6.92 Å². The maximum absolute atomic E-state index is 6.21. The molecule has 0 radical (unpaired) electrons. The van der Waals surface area contributed by atoms with E-state index in [1.165, 1.54) is 0 Å². The van der Waals surface area contributed by atoms with Crippen molar-refractivity contribution < 1.29 is 0 Å². The minimum Gasteiger partial charge on any atom is -0.308 e. The number of rotatable bonds is 5. The van der Waals surface area contributed by atoms with Crippen molar-refractivity contribution in [1.29, 1.82) is 0 Å². The fourth-order valence-electron chi connectivity index (χ4n) is 2.27. The third-order valence-electron chi connectivity index (χ3n) is 3.29. The van der Waals surface area contributed by atoms with E-state index in [-0.39, 0.29) is 6.04 Å². The Morgan fingerprint density at radius 1 is 1.42 bits per heavy atom. The number of nitrogens with zero attached hydrogens (tertiary/aromatic N) is 3. The summed E-state index contributed by atoms with van der Waals surface area (Å²) >= 11 is 6.21. The number of benzene rings is 1. The lowest BCUT2D eigenvalue weighted by atomic mass is 9.99. The molecule has 0 bridgehead atoms. The Balaban J connectivity index is 2.44. The van der Waals surface area contributed by atoms with Gasteiger partial charge in [-0.1, -0.05) is 35.9 Å². The van der Waals surface area contributed by atoms with E-state index < -0.39 is 0 Å². The molecule has 2 aromatic rings. The topological polar surface area (TPSA) is 42.7 Å². The second kappa shape index (κ2) is 6.17. The van der Waals surface area contributed by atoms with Crippen molar-refractivity contribution in [2.45, 2.75) is 32.9 Å². The molecule has 1 atom stereocenters. The van der Waals surface area contributed by atoms with E-state index >= 15 is 0 Å². The number of halogens is 1. The Labute approximate surface area is 118 Å². The molecule has 0 aliphatic rings. The average molecular weight is 279 g/mol. The molecule has 2 rings (SSSR count). The number of nitrogens with one attached hydrogen (secondary N) is 1. The van der Waals surface area contributed by atoms with Crippen LogP contribution >= 0.6 is 11.6 Å². The molecule has 4 nitrogen and oxygen atoms in total. The number of aryl methyl sites for hydroxylation is 1.